The van der Waals surface area contributed by atoms with Crippen LogP contribution in [0.15, 0.2) is 114 Å². The topological polar surface area (TPSA) is 83.8 Å². The highest BCUT2D eigenvalue weighted by Gasteiger charge is 2.37. The van der Waals surface area contributed by atoms with Gasteiger partial charge in [0.15, 0.2) is 5.13 Å². The first-order valence-corrected chi connectivity index (χ1v) is 11.0. The minimum absolute atomic E-state index is 0.194. The number of aromatic nitrogens is 1. The Balaban J connectivity index is 1.88. The molecule has 1 heterocycles. The molecule has 0 bridgehead atoms. The van der Waals surface area contributed by atoms with E-state index in [1.54, 1.807) is 5.38 Å². The molecule has 33 heavy (non-hydrogen) atoms. The molecule has 0 aliphatic heterocycles. The normalized spacial score (nSPS) is 11.6. The van der Waals surface area contributed by atoms with Crippen molar-refractivity contribution in [2.75, 3.05) is 5.32 Å². The van der Waals surface area contributed by atoms with Gasteiger partial charge in [-0.05, 0) is 16.7 Å². The number of carboxylic acid groups (broad SMARTS) is 1. The summed E-state index contributed by atoms with van der Waals surface area (Å²) >= 11 is 1.29. The van der Waals surface area contributed by atoms with Gasteiger partial charge in [0.1, 0.15) is 17.5 Å². The number of carboxylic acids is 1. The van der Waals surface area contributed by atoms with Crippen molar-refractivity contribution < 1.29 is 14.7 Å². The zero-order valence-electron chi connectivity index (χ0n) is 17.6. The number of hydrogen-bond acceptors (Lipinski definition) is 6. The number of thiazole rings is 1. The quantitative estimate of drug-likeness (QED) is 0.151. The van der Waals surface area contributed by atoms with E-state index in [9.17, 15) is 9.90 Å². The van der Waals surface area contributed by atoms with Crippen molar-refractivity contribution in [1.29, 1.82) is 0 Å². The number of nitrogens with zero attached hydrogens (tertiary/aromatic N) is 2. The molecule has 164 valence electrons. The van der Waals surface area contributed by atoms with E-state index in [0.29, 0.717) is 5.13 Å². The molecule has 0 spiro atoms. The predicted octanol–water partition coefficient (Wildman–Crippen LogP) is 5.50. The van der Waals surface area contributed by atoms with Crippen LogP contribution in [0, 0.1) is 0 Å². The lowest BCUT2D eigenvalue weighted by Crippen LogP contribution is -2.38. The van der Waals surface area contributed by atoms with Crippen LogP contribution in [0.1, 0.15) is 22.4 Å². The number of benzene rings is 3. The van der Waals surface area contributed by atoms with Gasteiger partial charge in [0.25, 0.3) is 0 Å². The van der Waals surface area contributed by atoms with Crippen LogP contribution in [0.5, 0.6) is 0 Å². The Morgan fingerprint density at radius 3 is 1.85 bits per heavy atom. The highest BCUT2D eigenvalue weighted by atomic mass is 32.1. The Morgan fingerprint density at radius 1 is 0.939 bits per heavy atom. The van der Waals surface area contributed by atoms with Crippen LogP contribution in [0.25, 0.3) is 0 Å². The number of aliphatic carboxylic acids is 1. The predicted molar refractivity (Wildman–Crippen MR) is 130 cm³/mol. The van der Waals surface area contributed by atoms with Gasteiger partial charge in [-0.1, -0.05) is 103 Å². The smallest absolute Gasteiger partial charge is 0.360 e. The SMILES string of the molecule is C=CON=C(C(=O)O)c1csc(NC(c2ccccc2)(c2ccccc2)c2ccccc2)n1. The van der Waals surface area contributed by atoms with E-state index in [1.165, 1.54) is 11.3 Å². The average molecular weight is 456 g/mol. The highest BCUT2D eigenvalue weighted by Crippen LogP contribution is 2.40. The summed E-state index contributed by atoms with van der Waals surface area (Å²) in [4.78, 5) is 20.9. The van der Waals surface area contributed by atoms with Crippen LogP contribution < -0.4 is 5.32 Å². The van der Waals surface area contributed by atoms with Crippen molar-refractivity contribution >= 4 is 28.1 Å². The molecule has 3 aromatic carbocycles. The second kappa shape index (κ2) is 9.93. The van der Waals surface area contributed by atoms with E-state index in [0.717, 1.165) is 23.0 Å². The average Bonchev–Trinajstić information content (AvgIpc) is 3.32. The van der Waals surface area contributed by atoms with Crippen LogP contribution in [0.3, 0.4) is 0 Å². The van der Waals surface area contributed by atoms with Gasteiger partial charge in [0.05, 0.1) is 0 Å². The monoisotopic (exact) mass is 455 g/mol. The first-order valence-electron chi connectivity index (χ1n) is 10.1. The number of nitrogens with one attached hydrogen (secondary N) is 1. The van der Waals surface area contributed by atoms with Crippen LogP contribution in [-0.4, -0.2) is 21.8 Å². The van der Waals surface area contributed by atoms with Crippen molar-refractivity contribution in [3.63, 3.8) is 0 Å². The van der Waals surface area contributed by atoms with Crippen molar-refractivity contribution in [2.45, 2.75) is 5.54 Å². The highest BCUT2D eigenvalue weighted by molar-refractivity contribution is 7.14. The van der Waals surface area contributed by atoms with Crippen LogP contribution in [0.2, 0.25) is 0 Å². The van der Waals surface area contributed by atoms with Crippen molar-refractivity contribution in [3.05, 3.63) is 132 Å². The van der Waals surface area contributed by atoms with Gasteiger partial charge < -0.3 is 15.3 Å². The Morgan fingerprint density at radius 2 is 1.42 bits per heavy atom. The molecule has 0 aliphatic rings. The Labute approximate surface area is 195 Å². The van der Waals surface area contributed by atoms with E-state index < -0.39 is 11.5 Å². The van der Waals surface area contributed by atoms with E-state index in [-0.39, 0.29) is 11.4 Å². The molecule has 4 aromatic rings. The molecule has 0 fully saturated rings. The van der Waals surface area contributed by atoms with Gasteiger partial charge in [-0.2, -0.15) is 0 Å². The summed E-state index contributed by atoms with van der Waals surface area (Å²) in [5.74, 6) is -1.24. The zero-order valence-corrected chi connectivity index (χ0v) is 18.4. The minimum Gasteiger partial charge on any atom is -0.476 e. The molecular formula is C26H21N3O3S. The Hall–Kier alpha value is -4.23. The fourth-order valence-electron chi connectivity index (χ4n) is 3.67. The second-order valence-electron chi connectivity index (χ2n) is 7.03. The summed E-state index contributed by atoms with van der Waals surface area (Å²) in [7, 11) is 0. The molecular weight excluding hydrogens is 434 g/mol. The summed E-state index contributed by atoms with van der Waals surface area (Å²) in [6.07, 6.45) is 1.06. The molecule has 6 nitrogen and oxygen atoms in total. The number of anilines is 1. The maximum absolute atomic E-state index is 11.7. The molecule has 0 aliphatic carbocycles. The second-order valence-corrected chi connectivity index (χ2v) is 7.89. The third-order valence-corrected chi connectivity index (χ3v) is 5.84. The minimum atomic E-state index is -1.24. The number of rotatable bonds is 9. The number of carbonyl (C=O) groups is 1. The van der Waals surface area contributed by atoms with Crippen molar-refractivity contribution in [2.24, 2.45) is 5.16 Å². The van der Waals surface area contributed by atoms with Gasteiger partial charge in [-0.3, -0.25) is 0 Å². The first-order chi connectivity index (χ1) is 16.1. The van der Waals surface area contributed by atoms with Gasteiger partial charge in [0, 0.05) is 5.38 Å². The Kier molecular flexibility index (Phi) is 6.61. The summed E-state index contributed by atoms with van der Waals surface area (Å²) in [6.45, 7) is 3.39. The van der Waals surface area contributed by atoms with Crippen molar-refractivity contribution in [3.8, 4) is 0 Å². The fourth-order valence-corrected chi connectivity index (χ4v) is 4.42. The lowest BCUT2D eigenvalue weighted by Gasteiger charge is -2.36. The standard InChI is InChI=1S/C26H21N3O3S/c1-2-32-29-23(24(30)31)22-18-33-25(27-22)28-26(19-12-6-3-7-13-19,20-14-8-4-9-15-20)21-16-10-5-11-17-21/h2-18H,1H2,(H,27,28)(H,30,31). The van der Waals surface area contributed by atoms with Crippen LogP contribution >= 0.6 is 11.3 Å². The number of oxime groups is 1. The van der Waals surface area contributed by atoms with E-state index in [1.807, 2.05) is 54.6 Å². The zero-order chi connectivity index (χ0) is 23.1. The molecule has 7 heteroatoms. The molecule has 0 unspecified atom stereocenters. The van der Waals surface area contributed by atoms with E-state index >= 15 is 0 Å². The summed E-state index contributed by atoms with van der Waals surface area (Å²) in [5.41, 5.74) is 2.17. The largest absolute Gasteiger partial charge is 0.476 e. The lowest BCUT2D eigenvalue weighted by molar-refractivity contribution is -0.129. The third-order valence-electron chi connectivity index (χ3n) is 5.08. The van der Waals surface area contributed by atoms with Crippen molar-refractivity contribution in [1.82, 2.24) is 4.98 Å². The molecule has 4 rings (SSSR count). The number of hydrogen-bond donors (Lipinski definition) is 2. The first kappa shape index (κ1) is 22.0. The van der Waals surface area contributed by atoms with Gasteiger partial charge in [-0.25, -0.2) is 9.78 Å². The third kappa shape index (κ3) is 4.53. The van der Waals surface area contributed by atoms with Gasteiger partial charge >= 0.3 is 5.97 Å². The summed E-state index contributed by atoms with van der Waals surface area (Å²) in [5, 5.41) is 18.9. The summed E-state index contributed by atoms with van der Waals surface area (Å²) < 4.78 is 0. The molecule has 0 radical (unpaired) electrons. The Bertz CT molecular complexity index is 1160. The van der Waals surface area contributed by atoms with E-state index in [2.05, 4.69) is 58.4 Å². The van der Waals surface area contributed by atoms with Gasteiger partial charge in [0.2, 0.25) is 5.71 Å². The lowest BCUT2D eigenvalue weighted by atomic mass is 9.77. The van der Waals surface area contributed by atoms with Gasteiger partial charge in [-0.15, -0.1) is 11.3 Å². The molecule has 0 atom stereocenters. The molecule has 0 saturated carbocycles. The fraction of sp³-hybridized carbons (Fsp3) is 0.0385. The molecule has 2 N–H and O–H groups in total. The summed E-state index contributed by atoms with van der Waals surface area (Å²) in [6, 6.07) is 30.2. The van der Waals surface area contributed by atoms with E-state index in [4.69, 9.17) is 4.84 Å². The van der Waals surface area contributed by atoms with Crippen LogP contribution in [-0.2, 0) is 15.2 Å². The molecule has 0 amide bonds. The molecule has 0 saturated heterocycles. The van der Waals surface area contributed by atoms with Crippen LogP contribution in [0.4, 0.5) is 5.13 Å². The molecule has 1 aromatic heterocycles. The maximum atomic E-state index is 11.7. The maximum Gasteiger partial charge on any atom is 0.360 e.